The maximum Gasteiger partial charge on any atom is 0.147 e. The fourth-order valence-electron chi connectivity index (χ4n) is 1.02. The number of aliphatic imine (C=N–C) groups is 2. The lowest BCUT2D eigenvalue weighted by atomic mass is 10.2. The highest BCUT2D eigenvalue weighted by Crippen LogP contribution is 2.03. The van der Waals surface area contributed by atoms with Crippen molar-refractivity contribution >= 4 is 12.4 Å². The zero-order valence-corrected chi connectivity index (χ0v) is 10.3. The second-order valence-corrected chi connectivity index (χ2v) is 3.50. The molecule has 0 aliphatic carbocycles. The molecule has 90 valence electrons. The zero-order chi connectivity index (χ0) is 12.6. The van der Waals surface area contributed by atoms with Gasteiger partial charge in [-0.15, -0.1) is 0 Å². The van der Waals surface area contributed by atoms with Crippen molar-refractivity contribution in [2.24, 2.45) is 9.98 Å². The summed E-state index contributed by atoms with van der Waals surface area (Å²) in [5.41, 5.74) is 1.67. The molecule has 0 aliphatic heterocycles. The number of rotatable bonds is 7. The van der Waals surface area contributed by atoms with Crippen LogP contribution >= 0.6 is 0 Å². The molecule has 4 nitrogen and oxygen atoms in total. The second kappa shape index (κ2) is 7.82. The van der Waals surface area contributed by atoms with Crippen molar-refractivity contribution in [3.05, 3.63) is 24.4 Å². The van der Waals surface area contributed by atoms with Crippen LogP contribution in [-0.2, 0) is 0 Å². The third-order valence-corrected chi connectivity index (χ3v) is 2.00. The van der Waals surface area contributed by atoms with Crippen molar-refractivity contribution in [1.29, 1.82) is 0 Å². The molecular weight excluding hydrogens is 202 g/mol. The summed E-state index contributed by atoms with van der Waals surface area (Å²) in [6.07, 6.45) is 3.36. The van der Waals surface area contributed by atoms with Gasteiger partial charge in [0.25, 0.3) is 0 Å². The maximum absolute atomic E-state index is 9.20. The fourth-order valence-corrected chi connectivity index (χ4v) is 1.02. The van der Waals surface area contributed by atoms with E-state index in [0.717, 1.165) is 11.4 Å². The quantitative estimate of drug-likeness (QED) is 0.665. The molecule has 0 saturated carbocycles. The molecule has 16 heavy (non-hydrogen) atoms. The Morgan fingerprint density at radius 3 is 2.56 bits per heavy atom. The fraction of sp³-hybridized carbons (Fsp3) is 0.500. The third kappa shape index (κ3) is 5.46. The number of nitrogens with zero attached hydrogens (tertiary/aromatic N) is 3. The van der Waals surface area contributed by atoms with E-state index in [1.54, 1.807) is 0 Å². The van der Waals surface area contributed by atoms with Crippen LogP contribution in [0.15, 0.2) is 34.4 Å². The SMILES string of the molecule is C=NC(O)C/C=C/C(=NCC)C(=C)N(C)C. The molecule has 0 spiro atoms. The summed E-state index contributed by atoms with van der Waals surface area (Å²) >= 11 is 0. The summed E-state index contributed by atoms with van der Waals surface area (Å²) in [6, 6.07) is 0. The van der Waals surface area contributed by atoms with Crippen LogP contribution in [0.5, 0.6) is 0 Å². The van der Waals surface area contributed by atoms with E-state index in [1.807, 2.05) is 38.1 Å². The lowest BCUT2D eigenvalue weighted by Crippen LogP contribution is -2.17. The van der Waals surface area contributed by atoms with Gasteiger partial charge in [0.15, 0.2) is 0 Å². The molecule has 0 aromatic carbocycles. The van der Waals surface area contributed by atoms with Crippen molar-refractivity contribution in [1.82, 2.24) is 4.90 Å². The van der Waals surface area contributed by atoms with Crippen molar-refractivity contribution in [3.63, 3.8) is 0 Å². The van der Waals surface area contributed by atoms with Crippen LogP contribution in [0.25, 0.3) is 0 Å². The summed E-state index contributed by atoms with van der Waals surface area (Å²) in [6.45, 7) is 9.88. The molecule has 0 amide bonds. The maximum atomic E-state index is 9.20. The van der Waals surface area contributed by atoms with Crippen molar-refractivity contribution in [2.75, 3.05) is 20.6 Å². The summed E-state index contributed by atoms with van der Waals surface area (Å²) in [7, 11) is 3.84. The Hall–Kier alpha value is -1.42. The monoisotopic (exact) mass is 223 g/mol. The number of aliphatic hydroxyl groups is 1. The minimum absolute atomic E-state index is 0.437. The van der Waals surface area contributed by atoms with Gasteiger partial charge in [0.05, 0.1) is 11.4 Å². The van der Waals surface area contributed by atoms with E-state index < -0.39 is 6.23 Å². The van der Waals surface area contributed by atoms with Crippen molar-refractivity contribution in [2.45, 2.75) is 19.6 Å². The van der Waals surface area contributed by atoms with Crippen LogP contribution in [0.1, 0.15) is 13.3 Å². The van der Waals surface area contributed by atoms with Gasteiger partial charge in [-0.3, -0.25) is 9.98 Å². The van der Waals surface area contributed by atoms with E-state index in [4.69, 9.17) is 0 Å². The van der Waals surface area contributed by atoms with E-state index in [0.29, 0.717) is 13.0 Å². The van der Waals surface area contributed by atoms with E-state index in [2.05, 4.69) is 23.3 Å². The summed E-state index contributed by atoms with van der Waals surface area (Å²) in [5.74, 6) is 0. The third-order valence-electron chi connectivity index (χ3n) is 2.00. The average molecular weight is 223 g/mol. The molecule has 4 heteroatoms. The molecule has 0 rings (SSSR count). The largest absolute Gasteiger partial charge is 0.376 e. The average Bonchev–Trinajstić information content (AvgIpc) is 2.26. The number of aliphatic hydroxyl groups excluding tert-OH is 1. The minimum Gasteiger partial charge on any atom is -0.376 e. The van der Waals surface area contributed by atoms with Gasteiger partial charge < -0.3 is 10.0 Å². The van der Waals surface area contributed by atoms with Crippen LogP contribution in [0, 0.1) is 0 Å². The van der Waals surface area contributed by atoms with Gasteiger partial charge in [0.1, 0.15) is 6.23 Å². The molecule has 0 radical (unpaired) electrons. The van der Waals surface area contributed by atoms with Gasteiger partial charge in [-0.2, -0.15) is 0 Å². The van der Waals surface area contributed by atoms with E-state index >= 15 is 0 Å². The molecule has 1 N–H and O–H groups in total. The molecule has 0 fully saturated rings. The minimum atomic E-state index is -0.744. The van der Waals surface area contributed by atoms with Gasteiger partial charge in [-0.1, -0.05) is 12.7 Å². The predicted octanol–water partition coefficient (Wildman–Crippen LogP) is 1.49. The van der Waals surface area contributed by atoms with Crippen molar-refractivity contribution in [3.8, 4) is 0 Å². The highest BCUT2D eigenvalue weighted by atomic mass is 16.3. The first kappa shape index (κ1) is 14.6. The smallest absolute Gasteiger partial charge is 0.147 e. The van der Waals surface area contributed by atoms with E-state index in [1.165, 1.54) is 0 Å². The Morgan fingerprint density at radius 1 is 1.50 bits per heavy atom. The molecule has 0 aliphatic rings. The van der Waals surface area contributed by atoms with Crippen molar-refractivity contribution < 1.29 is 5.11 Å². The van der Waals surface area contributed by atoms with Crippen LogP contribution in [0.3, 0.4) is 0 Å². The Balaban J connectivity index is 4.52. The Labute approximate surface area is 97.7 Å². The highest BCUT2D eigenvalue weighted by molar-refractivity contribution is 6.07. The van der Waals surface area contributed by atoms with Crippen LogP contribution in [-0.4, -0.2) is 49.3 Å². The van der Waals surface area contributed by atoms with Crippen LogP contribution in [0.4, 0.5) is 0 Å². The van der Waals surface area contributed by atoms with Gasteiger partial charge in [0, 0.05) is 27.1 Å². The lowest BCUT2D eigenvalue weighted by Gasteiger charge is -2.15. The highest BCUT2D eigenvalue weighted by Gasteiger charge is 2.02. The first-order valence-electron chi connectivity index (χ1n) is 5.24. The van der Waals surface area contributed by atoms with Crippen LogP contribution < -0.4 is 0 Å². The molecule has 1 atom stereocenters. The molecule has 1 unspecified atom stereocenters. The molecule has 0 aromatic heterocycles. The first-order valence-corrected chi connectivity index (χ1v) is 5.24. The molecular formula is C12H21N3O. The Kier molecular flexibility index (Phi) is 7.12. The molecule has 0 bridgehead atoms. The van der Waals surface area contributed by atoms with Gasteiger partial charge >= 0.3 is 0 Å². The molecule has 0 aromatic rings. The summed E-state index contributed by atoms with van der Waals surface area (Å²) in [5, 5.41) is 9.20. The normalized spacial score (nSPS) is 13.9. The van der Waals surface area contributed by atoms with E-state index in [9.17, 15) is 5.11 Å². The van der Waals surface area contributed by atoms with Gasteiger partial charge in [-0.05, 0) is 19.7 Å². The number of allylic oxidation sites excluding steroid dienone is 1. The molecule has 0 saturated heterocycles. The first-order chi connectivity index (χ1) is 7.52. The van der Waals surface area contributed by atoms with E-state index in [-0.39, 0.29) is 0 Å². The number of hydrogen-bond acceptors (Lipinski definition) is 4. The lowest BCUT2D eigenvalue weighted by molar-refractivity contribution is 0.189. The Morgan fingerprint density at radius 2 is 2.12 bits per heavy atom. The summed E-state index contributed by atoms with van der Waals surface area (Å²) < 4.78 is 0. The summed E-state index contributed by atoms with van der Waals surface area (Å²) in [4.78, 5) is 9.73. The predicted molar refractivity (Wildman–Crippen MR) is 70.1 cm³/mol. The Bertz CT molecular complexity index is 293. The second-order valence-electron chi connectivity index (χ2n) is 3.50. The van der Waals surface area contributed by atoms with Crippen LogP contribution in [0.2, 0.25) is 0 Å². The number of hydrogen-bond donors (Lipinski definition) is 1. The topological polar surface area (TPSA) is 48.2 Å². The zero-order valence-electron chi connectivity index (χ0n) is 10.3. The molecule has 0 heterocycles. The van der Waals surface area contributed by atoms with Gasteiger partial charge in [-0.25, -0.2) is 0 Å². The van der Waals surface area contributed by atoms with Gasteiger partial charge in [0.2, 0.25) is 0 Å². The standard InChI is InChI=1S/C12H21N3O/c1-6-14-11(10(2)15(4)5)8-7-9-12(16)13-3/h7-8,12,16H,2-3,6,9H2,1,4-5H3/b8-7+,14-11?.